The van der Waals surface area contributed by atoms with E-state index in [1.807, 2.05) is 0 Å². The number of rotatable bonds is 13. The molecule has 2 unspecified atom stereocenters. The smallest absolute Gasteiger partial charge is 0.369 e. The first-order valence-corrected chi connectivity index (χ1v) is 15.9. The minimum Gasteiger partial charge on any atom is -0.369 e. The summed E-state index contributed by atoms with van der Waals surface area (Å²) in [7, 11) is -7.46. The molecular formula is C21H32N12O10P2. The fraction of sp³-hybridized carbons (Fsp3) is 0.381. The van der Waals surface area contributed by atoms with E-state index in [0.29, 0.717) is 5.65 Å². The van der Waals surface area contributed by atoms with E-state index in [1.165, 1.54) is 40.5 Å². The normalized spacial score (nSPS) is 13.9. The Labute approximate surface area is 253 Å². The Balaban J connectivity index is 0.000000244. The molecule has 0 saturated heterocycles. The number of H-pyrrole nitrogens is 2. The molecule has 0 aromatic carbocycles. The van der Waals surface area contributed by atoms with Crippen LogP contribution in [0, 0.1) is 0 Å². The molecule has 0 aliphatic carbocycles. The van der Waals surface area contributed by atoms with Crippen LogP contribution < -0.4 is 22.6 Å². The third kappa shape index (κ3) is 9.61. The average Bonchev–Trinajstić information content (AvgIpc) is 3.69. The van der Waals surface area contributed by atoms with Crippen LogP contribution >= 0.6 is 15.3 Å². The number of nitrogens with one attached hydrogen (secondary N) is 2. The lowest BCUT2D eigenvalue weighted by Crippen LogP contribution is -2.13. The van der Waals surface area contributed by atoms with Crippen molar-refractivity contribution >= 4 is 49.6 Å². The van der Waals surface area contributed by atoms with E-state index < -0.39 is 26.5 Å². The number of ether oxygens (including phenoxy) is 2. The first-order valence-electron chi connectivity index (χ1n) is 12.3. The highest BCUT2D eigenvalue weighted by Crippen LogP contribution is 2.42. The second-order valence-corrected chi connectivity index (χ2v) is 12.2. The highest BCUT2D eigenvalue weighted by molar-refractivity contribution is 7.52. The SMILES string of the molecule is C.CP(=O)(O)OCCOCn1cnc2c(=O)[nH]c(N)nc21.Nc1nc2c(ncn2COCCOP(=O)(O)n2ccnc2)c(=O)[nH]1. The van der Waals surface area contributed by atoms with Crippen molar-refractivity contribution < 1.29 is 37.4 Å². The Morgan fingerprint density at radius 1 is 0.822 bits per heavy atom. The van der Waals surface area contributed by atoms with Crippen LogP contribution in [0.4, 0.5) is 11.9 Å². The largest absolute Gasteiger partial charge is 0.437 e. The number of aromatic amines is 2. The molecule has 0 fully saturated rings. The van der Waals surface area contributed by atoms with Crippen LogP contribution in [-0.4, -0.2) is 91.2 Å². The number of hydrogen-bond acceptors (Lipinski definition) is 15. The summed E-state index contributed by atoms with van der Waals surface area (Å²) in [6.45, 7) is 1.19. The maximum atomic E-state index is 11.8. The van der Waals surface area contributed by atoms with Crippen molar-refractivity contribution in [2.75, 3.05) is 44.6 Å². The van der Waals surface area contributed by atoms with E-state index in [0.717, 1.165) is 11.0 Å². The topological polar surface area (TPSA) is 309 Å². The number of nitrogens with zero attached hydrogens (tertiary/aromatic N) is 8. The van der Waals surface area contributed by atoms with Crippen molar-refractivity contribution in [2.24, 2.45) is 0 Å². The van der Waals surface area contributed by atoms with Gasteiger partial charge in [0.15, 0.2) is 22.3 Å². The summed E-state index contributed by atoms with van der Waals surface area (Å²) in [5, 5.41) is 0. The average molecular weight is 675 g/mol. The van der Waals surface area contributed by atoms with E-state index in [2.05, 4.69) is 39.4 Å². The molecule has 45 heavy (non-hydrogen) atoms. The number of hydrogen-bond donors (Lipinski definition) is 6. The van der Waals surface area contributed by atoms with Gasteiger partial charge in [-0.1, -0.05) is 7.43 Å². The van der Waals surface area contributed by atoms with Crippen LogP contribution in [-0.2, 0) is 41.1 Å². The Bertz CT molecular complexity index is 1910. The van der Waals surface area contributed by atoms with Gasteiger partial charge >= 0.3 is 15.3 Å². The van der Waals surface area contributed by atoms with Crippen molar-refractivity contribution in [3.63, 3.8) is 0 Å². The molecule has 5 aromatic rings. The molecule has 0 spiro atoms. The fourth-order valence-corrected chi connectivity index (χ4v) is 4.68. The molecule has 5 heterocycles. The fourth-order valence-electron chi connectivity index (χ4n) is 3.41. The molecule has 0 amide bonds. The zero-order chi connectivity index (χ0) is 31.9. The van der Waals surface area contributed by atoms with E-state index in [-0.39, 0.29) is 75.9 Å². The molecule has 0 saturated carbocycles. The summed E-state index contributed by atoms with van der Waals surface area (Å²) in [5.74, 6) is -0.0427. The Kier molecular flexibility index (Phi) is 11.9. The summed E-state index contributed by atoms with van der Waals surface area (Å²) in [6.07, 6.45) is 6.66. The van der Waals surface area contributed by atoms with Crippen molar-refractivity contribution in [2.45, 2.75) is 20.9 Å². The number of aromatic nitrogens is 10. The zero-order valence-corrected chi connectivity index (χ0v) is 24.7. The molecule has 0 aliphatic heterocycles. The van der Waals surface area contributed by atoms with Gasteiger partial charge in [0, 0.05) is 19.1 Å². The minimum absolute atomic E-state index is 0. The number of anilines is 2. The monoisotopic (exact) mass is 674 g/mol. The molecular weight excluding hydrogens is 642 g/mol. The first-order chi connectivity index (χ1) is 20.8. The lowest BCUT2D eigenvalue weighted by molar-refractivity contribution is 0.0523. The van der Waals surface area contributed by atoms with Crippen LogP contribution in [0.3, 0.4) is 0 Å². The maximum absolute atomic E-state index is 11.8. The van der Waals surface area contributed by atoms with Gasteiger partial charge in [-0.2, -0.15) is 9.97 Å². The van der Waals surface area contributed by atoms with Gasteiger partial charge in [-0.05, 0) is 0 Å². The van der Waals surface area contributed by atoms with E-state index in [9.17, 15) is 23.6 Å². The lowest BCUT2D eigenvalue weighted by Gasteiger charge is -2.12. The Morgan fingerprint density at radius 3 is 1.76 bits per heavy atom. The molecule has 0 radical (unpaired) electrons. The Hall–Kier alpha value is -4.27. The minimum atomic E-state index is -3.97. The quantitative estimate of drug-likeness (QED) is 0.0688. The highest BCUT2D eigenvalue weighted by Gasteiger charge is 2.21. The highest BCUT2D eigenvalue weighted by atomic mass is 31.2. The molecule has 2 atom stereocenters. The predicted molar refractivity (Wildman–Crippen MR) is 159 cm³/mol. The molecule has 24 heteroatoms. The summed E-state index contributed by atoms with van der Waals surface area (Å²) in [5.41, 5.74) is 11.0. The van der Waals surface area contributed by atoms with Crippen molar-refractivity contribution in [3.8, 4) is 0 Å². The third-order valence-corrected chi connectivity index (χ3v) is 7.28. The predicted octanol–water partition coefficient (Wildman–Crippen LogP) is -0.318. The van der Waals surface area contributed by atoms with Crippen LogP contribution in [0.2, 0.25) is 0 Å². The number of nitrogen functional groups attached to an aromatic ring is 2. The molecule has 5 aromatic heterocycles. The molecule has 246 valence electrons. The van der Waals surface area contributed by atoms with Gasteiger partial charge in [0.2, 0.25) is 11.9 Å². The summed E-state index contributed by atoms with van der Waals surface area (Å²) in [6, 6.07) is 0. The van der Waals surface area contributed by atoms with E-state index in [4.69, 9.17) is 30.4 Å². The third-order valence-electron chi connectivity index (χ3n) is 5.27. The molecule has 0 aliphatic rings. The van der Waals surface area contributed by atoms with E-state index in [1.54, 1.807) is 0 Å². The summed E-state index contributed by atoms with van der Waals surface area (Å²) < 4.78 is 46.8. The summed E-state index contributed by atoms with van der Waals surface area (Å²) in [4.78, 5) is 65.9. The van der Waals surface area contributed by atoms with Gasteiger partial charge in [0.1, 0.15) is 19.8 Å². The lowest BCUT2D eigenvalue weighted by atomic mass is 10.5. The van der Waals surface area contributed by atoms with Crippen LogP contribution in [0.1, 0.15) is 7.43 Å². The van der Waals surface area contributed by atoms with Gasteiger partial charge in [0.25, 0.3) is 11.1 Å². The van der Waals surface area contributed by atoms with Gasteiger partial charge in [-0.25, -0.2) is 23.9 Å². The van der Waals surface area contributed by atoms with Crippen molar-refractivity contribution in [1.29, 1.82) is 0 Å². The van der Waals surface area contributed by atoms with Crippen LogP contribution in [0.25, 0.3) is 22.3 Å². The zero-order valence-electron chi connectivity index (χ0n) is 22.9. The molecule has 22 nitrogen and oxygen atoms in total. The van der Waals surface area contributed by atoms with Crippen LogP contribution in [0.15, 0.2) is 41.0 Å². The van der Waals surface area contributed by atoms with Gasteiger partial charge in [0.05, 0.1) is 39.1 Å². The summed E-state index contributed by atoms with van der Waals surface area (Å²) >= 11 is 0. The molecule has 5 rings (SSSR count). The second kappa shape index (κ2) is 15.1. The van der Waals surface area contributed by atoms with Crippen molar-refractivity contribution in [1.82, 2.24) is 48.4 Å². The first kappa shape index (κ1) is 35.2. The molecule has 8 N–H and O–H groups in total. The van der Waals surface area contributed by atoms with Gasteiger partial charge in [-0.15, -0.1) is 0 Å². The number of imidazole rings is 3. The number of fused-ring (bicyclic) bond motifs is 2. The van der Waals surface area contributed by atoms with Gasteiger partial charge < -0.3 is 35.3 Å². The van der Waals surface area contributed by atoms with E-state index >= 15 is 0 Å². The Morgan fingerprint density at radius 2 is 1.31 bits per heavy atom. The molecule has 0 bridgehead atoms. The maximum Gasteiger partial charge on any atom is 0.437 e. The van der Waals surface area contributed by atoms with Crippen molar-refractivity contribution in [3.05, 3.63) is 52.1 Å². The van der Waals surface area contributed by atoms with Crippen LogP contribution in [0.5, 0.6) is 0 Å². The van der Waals surface area contributed by atoms with Gasteiger partial charge in [-0.3, -0.25) is 37.8 Å². The number of nitrogens with two attached hydrogens (primary N) is 2. The standard InChI is InChI=1S/C11H14N7O5P.C9H14N5O5P.CH4/c12-11-15-9-8(10(19)16-11)14-6-17(9)7-22-3-4-23-24(20,21)18-2-1-13-5-18;1-20(16,17)19-3-2-18-5-14-4-11-6-7(14)12-9(10)13-8(6)15;/h1-2,5-6H,3-4,7H2,(H,20,21)(H3,12,15,16,19);4H,2-3,5H2,1H3,(H,16,17)(H3,10,12,13,15);1H4. The second-order valence-electron chi connectivity index (χ2n) is 8.65.